The minimum atomic E-state index is -0.205. The molecular weight excluding hydrogens is 210 g/mol. The molecule has 1 unspecified atom stereocenters. The predicted molar refractivity (Wildman–Crippen MR) is 76.2 cm³/mol. The van der Waals surface area contributed by atoms with Gasteiger partial charge in [0.25, 0.3) is 0 Å². The van der Waals surface area contributed by atoms with E-state index in [9.17, 15) is 5.11 Å². The van der Waals surface area contributed by atoms with Gasteiger partial charge in [-0.25, -0.2) is 0 Å². The van der Waals surface area contributed by atoms with Gasteiger partial charge in [0.05, 0.1) is 0 Å². The quantitative estimate of drug-likeness (QED) is 0.410. The van der Waals surface area contributed by atoms with Crippen molar-refractivity contribution in [3.05, 3.63) is 0 Å². The SMILES string of the molecule is CCCCCN(CCCCC)C(O)CCCC. The molecule has 0 aliphatic carbocycles. The maximum atomic E-state index is 10.2. The van der Waals surface area contributed by atoms with Crippen molar-refractivity contribution in [1.82, 2.24) is 4.90 Å². The van der Waals surface area contributed by atoms with Crippen LogP contribution >= 0.6 is 0 Å². The molecular formula is C15H33NO. The maximum Gasteiger partial charge on any atom is 0.107 e. The summed E-state index contributed by atoms with van der Waals surface area (Å²) in [5.41, 5.74) is 0. The monoisotopic (exact) mass is 243 g/mol. The molecule has 2 nitrogen and oxygen atoms in total. The molecule has 0 saturated carbocycles. The molecule has 0 rings (SSSR count). The van der Waals surface area contributed by atoms with Crippen LogP contribution in [0.1, 0.15) is 78.6 Å². The Hall–Kier alpha value is -0.0800. The van der Waals surface area contributed by atoms with Gasteiger partial charge in [-0.05, 0) is 25.7 Å². The summed E-state index contributed by atoms with van der Waals surface area (Å²) in [6.45, 7) is 8.79. The minimum Gasteiger partial charge on any atom is -0.378 e. The Morgan fingerprint density at radius 2 is 1.24 bits per heavy atom. The van der Waals surface area contributed by atoms with Gasteiger partial charge < -0.3 is 5.11 Å². The molecule has 0 fully saturated rings. The molecule has 1 N–H and O–H groups in total. The first-order valence-electron chi connectivity index (χ1n) is 7.68. The summed E-state index contributed by atoms with van der Waals surface area (Å²) in [4.78, 5) is 2.29. The predicted octanol–water partition coefficient (Wildman–Crippen LogP) is 4.18. The second-order valence-corrected chi connectivity index (χ2v) is 5.07. The Morgan fingerprint density at radius 3 is 1.65 bits per heavy atom. The Bertz CT molecular complexity index is 140. The van der Waals surface area contributed by atoms with E-state index in [2.05, 4.69) is 25.7 Å². The van der Waals surface area contributed by atoms with Crippen LogP contribution in [-0.4, -0.2) is 29.3 Å². The number of rotatable bonds is 12. The average Bonchev–Trinajstić information content (AvgIpc) is 2.34. The topological polar surface area (TPSA) is 23.5 Å². The largest absolute Gasteiger partial charge is 0.378 e. The third kappa shape index (κ3) is 9.61. The van der Waals surface area contributed by atoms with E-state index in [1.807, 2.05) is 0 Å². The van der Waals surface area contributed by atoms with Crippen LogP contribution in [0.4, 0.5) is 0 Å². The lowest BCUT2D eigenvalue weighted by Gasteiger charge is -2.28. The number of aliphatic hydroxyl groups excluding tert-OH is 1. The van der Waals surface area contributed by atoms with Gasteiger partial charge in [0, 0.05) is 13.1 Å². The van der Waals surface area contributed by atoms with Gasteiger partial charge in [-0.3, -0.25) is 4.90 Å². The molecule has 0 aromatic heterocycles. The average molecular weight is 243 g/mol. The molecule has 0 aliphatic heterocycles. The van der Waals surface area contributed by atoms with E-state index in [0.29, 0.717) is 0 Å². The lowest BCUT2D eigenvalue weighted by atomic mass is 10.1. The summed E-state index contributed by atoms with van der Waals surface area (Å²) in [6, 6.07) is 0. The molecule has 0 spiro atoms. The summed E-state index contributed by atoms with van der Waals surface area (Å²) in [5.74, 6) is 0. The van der Waals surface area contributed by atoms with Crippen molar-refractivity contribution in [3.63, 3.8) is 0 Å². The van der Waals surface area contributed by atoms with E-state index < -0.39 is 0 Å². The van der Waals surface area contributed by atoms with Gasteiger partial charge in [0.15, 0.2) is 0 Å². The Kier molecular flexibility index (Phi) is 12.3. The lowest BCUT2D eigenvalue weighted by Crippen LogP contribution is -2.36. The van der Waals surface area contributed by atoms with Gasteiger partial charge in [-0.15, -0.1) is 0 Å². The van der Waals surface area contributed by atoms with E-state index in [1.165, 1.54) is 44.9 Å². The van der Waals surface area contributed by atoms with Crippen molar-refractivity contribution in [2.24, 2.45) is 0 Å². The minimum absolute atomic E-state index is 0.205. The van der Waals surface area contributed by atoms with Crippen molar-refractivity contribution < 1.29 is 5.11 Å². The smallest absolute Gasteiger partial charge is 0.107 e. The van der Waals surface area contributed by atoms with Crippen molar-refractivity contribution in [3.8, 4) is 0 Å². The van der Waals surface area contributed by atoms with Crippen molar-refractivity contribution >= 4 is 0 Å². The zero-order chi connectivity index (χ0) is 12.9. The summed E-state index contributed by atoms with van der Waals surface area (Å²) < 4.78 is 0. The third-order valence-electron chi connectivity index (χ3n) is 3.34. The molecule has 104 valence electrons. The normalized spacial score (nSPS) is 13.2. The third-order valence-corrected chi connectivity index (χ3v) is 3.34. The highest BCUT2D eigenvalue weighted by molar-refractivity contribution is 4.63. The highest BCUT2D eigenvalue weighted by atomic mass is 16.3. The van der Waals surface area contributed by atoms with E-state index in [0.717, 1.165) is 25.9 Å². The van der Waals surface area contributed by atoms with Crippen LogP contribution in [0.15, 0.2) is 0 Å². The molecule has 0 saturated heterocycles. The molecule has 1 atom stereocenters. The standard InChI is InChI=1S/C15H33NO/c1-4-7-10-13-16(14-11-8-5-2)15(17)12-9-6-3/h15,17H,4-14H2,1-3H3. The van der Waals surface area contributed by atoms with Gasteiger partial charge in [0.2, 0.25) is 0 Å². The molecule has 17 heavy (non-hydrogen) atoms. The first-order chi connectivity index (χ1) is 8.26. The number of hydrogen-bond donors (Lipinski definition) is 1. The van der Waals surface area contributed by atoms with Crippen LogP contribution in [0, 0.1) is 0 Å². The fraction of sp³-hybridized carbons (Fsp3) is 1.00. The van der Waals surface area contributed by atoms with E-state index in [-0.39, 0.29) is 6.23 Å². The summed E-state index contributed by atoms with van der Waals surface area (Å²) >= 11 is 0. The zero-order valence-electron chi connectivity index (χ0n) is 12.2. The Balaban J connectivity index is 3.89. The summed E-state index contributed by atoms with van der Waals surface area (Å²) in [5, 5.41) is 10.2. The number of hydrogen-bond acceptors (Lipinski definition) is 2. The first kappa shape index (κ1) is 16.9. The molecule has 0 aromatic carbocycles. The molecule has 0 bridgehead atoms. The van der Waals surface area contributed by atoms with Crippen LogP contribution < -0.4 is 0 Å². The van der Waals surface area contributed by atoms with Crippen molar-refractivity contribution in [2.75, 3.05) is 13.1 Å². The first-order valence-corrected chi connectivity index (χ1v) is 7.68. The van der Waals surface area contributed by atoms with Crippen molar-refractivity contribution in [2.45, 2.75) is 84.8 Å². The van der Waals surface area contributed by atoms with E-state index >= 15 is 0 Å². The van der Waals surface area contributed by atoms with Crippen LogP contribution in [0.25, 0.3) is 0 Å². The maximum absolute atomic E-state index is 10.2. The second-order valence-electron chi connectivity index (χ2n) is 5.07. The van der Waals surface area contributed by atoms with Gasteiger partial charge >= 0.3 is 0 Å². The van der Waals surface area contributed by atoms with Crippen LogP contribution in [0.5, 0.6) is 0 Å². The molecule has 0 amide bonds. The van der Waals surface area contributed by atoms with E-state index in [1.54, 1.807) is 0 Å². The van der Waals surface area contributed by atoms with Gasteiger partial charge in [-0.1, -0.05) is 52.9 Å². The van der Waals surface area contributed by atoms with Gasteiger partial charge in [0.1, 0.15) is 6.23 Å². The van der Waals surface area contributed by atoms with Gasteiger partial charge in [-0.2, -0.15) is 0 Å². The van der Waals surface area contributed by atoms with Crippen molar-refractivity contribution in [1.29, 1.82) is 0 Å². The summed E-state index contributed by atoms with van der Waals surface area (Å²) in [6.07, 6.45) is 10.6. The number of nitrogens with zero attached hydrogens (tertiary/aromatic N) is 1. The lowest BCUT2D eigenvalue weighted by molar-refractivity contribution is -0.00582. The molecule has 2 heteroatoms. The fourth-order valence-corrected chi connectivity index (χ4v) is 2.11. The van der Waals surface area contributed by atoms with E-state index in [4.69, 9.17) is 0 Å². The highest BCUT2D eigenvalue weighted by Crippen LogP contribution is 2.10. The van der Waals surface area contributed by atoms with Crippen LogP contribution in [0.3, 0.4) is 0 Å². The fourth-order valence-electron chi connectivity index (χ4n) is 2.11. The second kappa shape index (κ2) is 12.4. The molecule has 0 aliphatic rings. The number of unbranched alkanes of at least 4 members (excludes halogenated alkanes) is 5. The molecule has 0 radical (unpaired) electrons. The summed E-state index contributed by atoms with van der Waals surface area (Å²) in [7, 11) is 0. The van der Waals surface area contributed by atoms with Crippen LogP contribution in [0.2, 0.25) is 0 Å². The van der Waals surface area contributed by atoms with Crippen LogP contribution in [-0.2, 0) is 0 Å². The Morgan fingerprint density at radius 1 is 0.765 bits per heavy atom. The Labute approximate surface area is 108 Å². The molecule has 0 heterocycles. The zero-order valence-corrected chi connectivity index (χ0v) is 12.2. The highest BCUT2D eigenvalue weighted by Gasteiger charge is 2.13. The number of aliphatic hydroxyl groups is 1. The molecule has 0 aromatic rings.